The topological polar surface area (TPSA) is 160 Å². The molecular weight excluding hydrogens is 282 g/mol. The summed E-state index contributed by atoms with van der Waals surface area (Å²) in [6.45, 7) is 2.21. The molecule has 0 radical (unpaired) electrons. The van der Waals surface area contributed by atoms with Crippen molar-refractivity contribution in [3.05, 3.63) is 16.7 Å². The molecule has 0 amide bonds. The fourth-order valence-corrected chi connectivity index (χ4v) is 1.88. The van der Waals surface area contributed by atoms with Crippen molar-refractivity contribution in [3.63, 3.8) is 0 Å². The molecule has 0 bridgehead atoms. The largest absolute Gasteiger partial charge is 0.391 e. The average Bonchev–Trinajstić information content (AvgIpc) is 2.77. The number of nitrogens with zero attached hydrogens (tertiary/aromatic N) is 3. The Bertz CT molecular complexity index is 688. The van der Waals surface area contributed by atoms with Crippen molar-refractivity contribution in [3.8, 4) is 0 Å². The van der Waals surface area contributed by atoms with Crippen molar-refractivity contribution in [2.24, 2.45) is 0 Å². The molecule has 0 aromatic carbocycles. The molecule has 0 aliphatic heterocycles. The number of aromatic nitrogens is 4. The fourth-order valence-electron chi connectivity index (χ4n) is 1.88. The lowest BCUT2D eigenvalue weighted by Crippen LogP contribution is -2.38. The summed E-state index contributed by atoms with van der Waals surface area (Å²) in [7, 11) is 0. The molecular formula is C11H17N5O5. The smallest absolute Gasteiger partial charge is 0.280 e. The third kappa shape index (κ3) is 3.03. The maximum Gasteiger partial charge on any atom is 0.280 e. The first-order chi connectivity index (χ1) is 9.74. The number of aliphatic hydroxyl groups is 3. The molecule has 0 saturated carbocycles. The lowest BCUT2D eigenvalue weighted by Gasteiger charge is -2.31. The number of hydrogen-bond acceptors (Lipinski definition) is 8. The summed E-state index contributed by atoms with van der Waals surface area (Å²) >= 11 is 0. The van der Waals surface area contributed by atoms with Gasteiger partial charge in [-0.3, -0.25) is 14.3 Å². The Labute approximate surface area is 118 Å². The number of nitrogen functional groups attached to an aromatic ring is 1. The third-order valence-electron chi connectivity index (χ3n) is 2.75. The first kappa shape index (κ1) is 15.4. The van der Waals surface area contributed by atoms with E-state index in [9.17, 15) is 15.0 Å². The van der Waals surface area contributed by atoms with Gasteiger partial charge in [-0.15, -0.1) is 0 Å². The molecule has 0 fully saturated rings. The number of nitrogens with one attached hydrogen (secondary N) is 1. The van der Waals surface area contributed by atoms with Crippen LogP contribution in [0.25, 0.3) is 11.2 Å². The second kappa shape index (κ2) is 5.41. The molecule has 116 valence electrons. The fraction of sp³-hybridized carbons (Fsp3) is 0.545. The first-order valence-electron chi connectivity index (χ1n) is 6.13. The number of anilines is 1. The zero-order valence-electron chi connectivity index (χ0n) is 11.5. The number of fused-ring (bicyclic) bond motifs is 1. The van der Waals surface area contributed by atoms with Gasteiger partial charge in [0.2, 0.25) is 5.95 Å². The molecule has 0 spiro atoms. The van der Waals surface area contributed by atoms with Gasteiger partial charge in [0.05, 0.1) is 12.9 Å². The number of H-pyrrole nitrogens is 1. The van der Waals surface area contributed by atoms with Crippen LogP contribution in [0.4, 0.5) is 5.95 Å². The van der Waals surface area contributed by atoms with Gasteiger partial charge in [-0.2, -0.15) is 4.98 Å². The highest BCUT2D eigenvalue weighted by molar-refractivity contribution is 5.70. The minimum atomic E-state index is -1.52. The standard InChI is InChI=1S/C11H17N5O5/c1-11(2,20)9(21-5(18)3-17)16-4-13-6-7(16)14-10(12)15-8(6)19/h4-5,9,17-18,20H,3H2,1-2H3,(H3,12,14,15,19)/t5-,9-/m1/s1. The van der Waals surface area contributed by atoms with Crippen molar-refractivity contribution in [2.75, 3.05) is 12.3 Å². The molecule has 10 heteroatoms. The number of hydrogen-bond donors (Lipinski definition) is 5. The number of rotatable bonds is 5. The monoisotopic (exact) mass is 299 g/mol. The van der Waals surface area contributed by atoms with Crippen LogP contribution < -0.4 is 11.3 Å². The highest BCUT2D eigenvalue weighted by Gasteiger charge is 2.33. The van der Waals surface area contributed by atoms with Gasteiger partial charge < -0.3 is 25.8 Å². The Morgan fingerprint density at radius 1 is 1.57 bits per heavy atom. The van der Waals surface area contributed by atoms with Crippen LogP contribution in [-0.4, -0.2) is 53.3 Å². The normalized spacial score (nSPS) is 15.3. The van der Waals surface area contributed by atoms with E-state index in [4.69, 9.17) is 15.6 Å². The van der Waals surface area contributed by atoms with Gasteiger partial charge in [0, 0.05) is 0 Å². The lowest BCUT2D eigenvalue weighted by molar-refractivity contribution is -0.225. The molecule has 0 aliphatic rings. The first-order valence-corrected chi connectivity index (χ1v) is 6.13. The van der Waals surface area contributed by atoms with Crippen molar-refractivity contribution < 1.29 is 20.1 Å². The zero-order valence-corrected chi connectivity index (χ0v) is 11.5. The molecule has 21 heavy (non-hydrogen) atoms. The predicted octanol–water partition coefficient (Wildman–Crippen LogP) is -1.70. The van der Waals surface area contributed by atoms with E-state index < -0.39 is 30.3 Å². The van der Waals surface area contributed by atoms with Crippen LogP contribution in [0.2, 0.25) is 0 Å². The van der Waals surface area contributed by atoms with Crippen LogP contribution >= 0.6 is 0 Å². The summed E-state index contributed by atoms with van der Waals surface area (Å²) in [4.78, 5) is 21.9. The molecule has 10 nitrogen and oxygen atoms in total. The Morgan fingerprint density at radius 3 is 2.81 bits per heavy atom. The van der Waals surface area contributed by atoms with E-state index in [0.717, 1.165) is 0 Å². The van der Waals surface area contributed by atoms with Crippen LogP contribution in [0.1, 0.15) is 20.1 Å². The molecule has 2 rings (SSSR count). The van der Waals surface area contributed by atoms with Crippen LogP contribution in [0.5, 0.6) is 0 Å². The van der Waals surface area contributed by atoms with Crippen molar-refractivity contribution in [1.29, 1.82) is 0 Å². The van der Waals surface area contributed by atoms with Gasteiger partial charge in [-0.05, 0) is 13.8 Å². The number of nitrogens with two attached hydrogens (primary N) is 1. The highest BCUT2D eigenvalue weighted by Crippen LogP contribution is 2.27. The van der Waals surface area contributed by atoms with E-state index >= 15 is 0 Å². The van der Waals surface area contributed by atoms with Crippen LogP contribution in [0.15, 0.2) is 11.1 Å². The maximum atomic E-state index is 11.7. The highest BCUT2D eigenvalue weighted by atomic mass is 16.6. The van der Waals surface area contributed by atoms with Gasteiger partial charge in [-0.25, -0.2) is 4.98 Å². The summed E-state index contributed by atoms with van der Waals surface area (Å²) in [6, 6.07) is 0. The predicted molar refractivity (Wildman–Crippen MR) is 72.1 cm³/mol. The molecule has 2 aromatic heterocycles. The van der Waals surface area contributed by atoms with Gasteiger partial charge >= 0.3 is 0 Å². The van der Waals surface area contributed by atoms with Crippen molar-refractivity contribution in [2.45, 2.75) is 32.0 Å². The van der Waals surface area contributed by atoms with E-state index in [-0.39, 0.29) is 17.1 Å². The zero-order chi connectivity index (χ0) is 15.8. The minimum Gasteiger partial charge on any atom is -0.391 e. The second-order valence-electron chi connectivity index (χ2n) is 5.05. The van der Waals surface area contributed by atoms with E-state index in [1.165, 1.54) is 24.7 Å². The molecule has 6 N–H and O–H groups in total. The molecule has 2 aromatic rings. The second-order valence-corrected chi connectivity index (χ2v) is 5.05. The summed E-state index contributed by atoms with van der Waals surface area (Å²) in [5.74, 6) is -0.119. The van der Waals surface area contributed by atoms with Crippen molar-refractivity contribution in [1.82, 2.24) is 19.5 Å². The summed E-state index contributed by atoms with van der Waals surface area (Å²) in [6.07, 6.45) is -1.42. The Kier molecular flexibility index (Phi) is 3.96. The molecule has 2 atom stereocenters. The molecule has 0 aliphatic carbocycles. The third-order valence-corrected chi connectivity index (χ3v) is 2.75. The Hall–Kier alpha value is -2.01. The Morgan fingerprint density at radius 2 is 2.24 bits per heavy atom. The minimum absolute atomic E-state index is 0.0144. The van der Waals surface area contributed by atoms with Crippen LogP contribution in [-0.2, 0) is 4.74 Å². The van der Waals surface area contributed by atoms with Gasteiger partial charge in [0.25, 0.3) is 5.56 Å². The Balaban J connectivity index is 2.57. The lowest BCUT2D eigenvalue weighted by atomic mass is 10.1. The van der Waals surface area contributed by atoms with Gasteiger partial charge in [0.1, 0.15) is 5.60 Å². The van der Waals surface area contributed by atoms with E-state index in [1.807, 2.05) is 0 Å². The number of aliphatic hydroxyl groups excluding tert-OH is 2. The summed E-state index contributed by atoms with van der Waals surface area (Å²) < 4.78 is 6.45. The van der Waals surface area contributed by atoms with Crippen LogP contribution in [0.3, 0.4) is 0 Å². The van der Waals surface area contributed by atoms with Crippen LogP contribution in [0, 0.1) is 0 Å². The van der Waals surface area contributed by atoms with E-state index in [2.05, 4.69) is 15.0 Å². The summed E-state index contributed by atoms with van der Waals surface area (Å²) in [5, 5.41) is 28.5. The average molecular weight is 299 g/mol. The van der Waals surface area contributed by atoms with E-state index in [0.29, 0.717) is 0 Å². The number of aromatic amines is 1. The van der Waals surface area contributed by atoms with E-state index in [1.54, 1.807) is 0 Å². The van der Waals surface area contributed by atoms with Crippen molar-refractivity contribution >= 4 is 17.1 Å². The van der Waals surface area contributed by atoms with Gasteiger partial charge in [-0.1, -0.05) is 0 Å². The maximum absolute atomic E-state index is 11.7. The molecule has 0 saturated heterocycles. The quantitative estimate of drug-likeness (QED) is 0.408. The summed E-state index contributed by atoms with van der Waals surface area (Å²) in [5.41, 5.74) is 3.61. The number of imidazole rings is 1. The molecule has 2 heterocycles. The SMILES string of the molecule is CC(C)(O)[C@@H](O[C@@H](O)CO)n1cnc2c(=O)[nH]c(N)nc21. The van der Waals surface area contributed by atoms with Gasteiger partial charge in [0.15, 0.2) is 23.7 Å². The molecule has 0 unspecified atom stereocenters. The number of ether oxygens (including phenoxy) is 1.